The second-order valence-corrected chi connectivity index (χ2v) is 4.76. The first kappa shape index (κ1) is 15.7. The van der Waals surface area contributed by atoms with E-state index in [9.17, 15) is 0 Å². The normalized spacial score (nSPS) is 13.5. The third-order valence-electron chi connectivity index (χ3n) is 3.48. The van der Waals surface area contributed by atoms with Gasteiger partial charge >= 0.3 is 0 Å². The number of halogens is 1. The highest BCUT2D eigenvalue weighted by molar-refractivity contribution is 5.85. The fourth-order valence-corrected chi connectivity index (χ4v) is 2.31. The lowest BCUT2D eigenvalue weighted by molar-refractivity contribution is 0.569. The number of benzene rings is 2. The SMILES string of the molecule is Cc1ccccc1[C@H](N)[C@@H](N)c1ccccc1C.Cl. The minimum Gasteiger partial charge on any atom is -0.322 e. The quantitative estimate of drug-likeness (QED) is 0.902. The summed E-state index contributed by atoms with van der Waals surface area (Å²) in [5.74, 6) is 0. The van der Waals surface area contributed by atoms with Crippen LogP contribution in [0, 0.1) is 13.8 Å². The van der Waals surface area contributed by atoms with Gasteiger partial charge in [-0.05, 0) is 36.1 Å². The van der Waals surface area contributed by atoms with E-state index < -0.39 is 0 Å². The lowest BCUT2D eigenvalue weighted by Crippen LogP contribution is -2.27. The van der Waals surface area contributed by atoms with Gasteiger partial charge in [-0.3, -0.25) is 0 Å². The fraction of sp³-hybridized carbons (Fsp3) is 0.250. The third kappa shape index (κ3) is 3.35. The molecule has 0 fully saturated rings. The van der Waals surface area contributed by atoms with Crippen molar-refractivity contribution in [1.82, 2.24) is 0 Å². The van der Waals surface area contributed by atoms with Crippen molar-refractivity contribution in [3.05, 3.63) is 70.8 Å². The molecule has 3 heteroatoms. The zero-order valence-corrected chi connectivity index (χ0v) is 12.2. The summed E-state index contributed by atoms with van der Waals surface area (Å²) in [7, 11) is 0. The summed E-state index contributed by atoms with van der Waals surface area (Å²) in [6.45, 7) is 4.14. The summed E-state index contributed by atoms with van der Waals surface area (Å²) in [6.07, 6.45) is 0. The summed E-state index contributed by atoms with van der Waals surface area (Å²) >= 11 is 0. The predicted molar refractivity (Wildman–Crippen MR) is 83.5 cm³/mol. The third-order valence-corrected chi connectivity index (χ3v) is 3.48. The summed E-state index contributed by atoms with van der Waals surface area (Å²) in [5.41, 5.74) is 17.2. The van der Waals surface area contributed by atoms with Gasteiger partial charge in [-0.25, -0.2) is 0 Å². The second kappa shape index (κ2) is 6.71. The van der Waals surface area contributed by atoms with Crippen LogP contribution in [-0.4, -0.2) is 0 Å². The van der Waals surface area contributed by atoms with Crippen molar-refractivity contribution in [3.8, 4) is 0 Å². The lowest BCUT2D eigenvalue weighted by Gasteiger charge is -2.23. The summed E-state index contributed by atoms with van der Waals surface area (Å²) in [5, 5.41) is 0. The monoisotopic (exact) mass is 276 g/mol. The molecule has 2 atom stereocenters. The Kier molecular flexibility index (Phi) is 5.55. The van der Waals surface area contributed by atoms with E-state index in [-0.39, 0.29) is 24.5 Å². The fourth-order valence-electron chi connectivity index (χ4n) is 2.31. The van der Waals surface area contributed by atoms with Gasteiger partial charge in [0.1, 0.15) is 0 Å². The second-order valence-electron chi connectivity index (χ2n) is 4.76. The van der Waals surface area contributed by atoms with Crippen LogP contribution in [0.1, 0.15) is 34.3 Å². The van der Waals surface area contributed by atoms with E-state index in [0.717, 1.165) is 11.1 Å². The molecule has 0 spiro atoms. The Morgan fingerprint density at radius 1 is 0.684 bits per heavy atom. The van der Waals surface area contributed by atoms with Crippen LogP contribution in [0.4, 0.5) is 0 Å². The van der Waals surface area contributed by atoms with Crippen LogP contribution >= 0.6 is 12.4 Å². The van der Waals surface area contributed by atoms with Gasteiger partial charge in [0.05, 0.1) is 0 Å². The molecular weight excluding hydrogens is 256 g/mol. The Bertz CT molecular complexity index is 490. The maximum Gasteiger partial charge on any atom is 0.0493 e. The van der Waals surface area contributed by atoms with E-state index in [0.29, 0.717) is 0 Å². The van der Waals surface area contributed by atoms with E-state index in [1.165, 1.54) is 11.1 Å². The van der Waals surface area contributed by atoms with Gasteiger partial charge in [-0.15, -0.1) is 12.4 Å². The minimum atomic E-state index is -0.174. The van der Waals surface area contributed by atoms with Crippen molar-refractivity contribution < 1.29 is 0 Å². The first-order valence-corrected chi connectivity index (χ1v) is 6.23. The molecule has 0 aliphatic rings. The van der Waals surface area contributed by atoms with Gasteiger partial charge in [0.25, 0.3) is 0 Å². The summed E-state index contributed by atoms with van der Waals surface area (Å²) in [4.78, 5) is 0. The van der Waals surface area contributed by atoms with Gasteiger partial charge in [0, 0.05) is 12.1 Å². The lowest BCUT2D eigenvalue weighted by atomic mass is 9.90. The molecule has 102 valence electrons. The average Bonchev–Trinajstić information content (AvgIpc) is 2.38. The van der Waals surface area contributed by atoms with Crippen molar-refractivity contribution in [1.29, 1.82) is 0 Å². The summed E-state index contributed by atoms with van der Waals surface area (Å²) < 4.78 is 0. The molecule has 0 aliphatic heterocycles. The predicted octanol–water partition coefficient (Wildman–Crippen LogP) is 3.43. The zero-order chi connectivity index (χ0) is 13.1. The Hall–Kier alpha value is -1.35. The first-order valence-electron chi connectivity index (χ1n) is 6.23. The molecule has 2 nitrogen and oxygen atoms in total. The Morgan fingerprint density at radius 2 is 1.00 bits per heavy atom. The molecule has 0 aromatic heterocycles. The maximum absolute atomic E-state index is 6.32. The first-order chi connectivity index (χ1) is 8.61. The van der Waals surface area contributed by atoms with Gasteiger partial charge in [0.2, 0.25) is 0 Å². The highest BCUT2D eigenvalue weighted by Crippen LogP contribution is 2.28. The van der Waals surface area contributed by atoms with E-state index >= 15 is 0 Å². The molecule has 0 radical (unpaired) electrons. The highest BCUT2D eigenvalue weighted by Gasteiger charge is 2.19. The number of hydrogen-bond donors (Lipinski definition) is 2. The van der Waals surface area contributed by atoms with Crippen molar-refractivity contribution in [2.75, 3.05) is 0 Å². The largest absolute Gasteiger partial charge is 0.322 e. The molecule has 0 unspecified atom stereocenters. The molecule has 0 saturated heterocycles. The zero-order valence-electron chi connectivity index (χ0n) is 11.3. The maximum atomic E-state index is 6.32. The number of aryl methyl sites for hydroxylation is 2. The van der Waals surface area contributed by atoms with Gasteiger partial charge in [0.15, 0.2) is 0 Å². The van der Waals surface area contributed by atoms with E-state index in [1.807, 2.05) is 24.3 Å². The molecule has 0 aliphatic carbocycles. The van der Waals surface area contributed by atoms with Crippen LogP contribution in [0.5, 0.6) is 0 Å². The Morgan fingerprint density at radius 3 is 1.32 bits per heavy atom. The molecular formula is C16H21ClN2. The molecule has 0 amide bonds. The van der Waals surface area contributed by atoms with E-state index in [4.69, 9.17) is 11.5 Å². The summed E-state index contributed by atoms with van der Waals surface area (Å²) in [6, 6.07) is 15.9. The molecule has 4 N–H and O–H groups in total. The van der Waals surface area contributed by atoms with Crippen LogP contribution < -0.4 is 11.5 Å². The molecule has 0 saturated carbocycles. The minimum absolute atomic E-state index is 0. The molecule has 2 rings (SSSR count). The van der Waals surface area contributed by atoms with Gasteiger partial charge in [-0.2, -0.15) is 0 Å². The van der Waals surface area contributed by atoms with Crippen LogP contribution in [0.2, 0.25) is 0 Å². The highest BCUT2D eigenvalue weighted by atomic mass is 35.5. The van der Waals surface area contributed by atoms with Crippen molar-refractivity contribution in [3.63, 3.8) is 0 Å². The number of rotatable bonds is 3. The van der Waals surface area contributed by atoms with Crippen LogP contribution in [0.15, 0.2) is 48.5 Å². The van der Waals surface area contributed by atoms with Crippen molar-refractivity contribution >= 4 is 12.4 Å². The Labute approximate surface area is 121 Å². The number of hydrogen-bond acceptors (Lipinski definition) is 2. The molecule has 2 aromatic carbocycles. The molecule has 2 aromatic rings. The van der Waals surface area contributed by atoms with Gasteiger partial charge < -0.3 is 11.5 Å². The smallest absolute Gasteiger partial charge is 0.0493 e. The molecule has 19 heavy (non-hydrogen) atoms. The van der Waals surface area contributed by atoms with Crippen LogP contribution in [-0.2, 0) is 0 Å². The average molecular weight is 277 g/mol. The standard InChI is InChI=1S/C16H20N2.ClH/c1-11-7-3-5-9-13(11)15(17)16(18)14-10-6-4-8-12(14)2;/h3-10,15-16H,17-18H2,1-2H3;1H/t15-,16-;/m0./s1. The molecule has 0 bridgehead atoms. The van der Waals surface area contributed by atoms with Crippen molar-refractivity contribution in [2.45, 2.75) is 25.9 Å². The topological polar surface area (TPSA) is 52.0 Å². The van der Waals surface area contributed by atoms with Crippen LogP contribution in [0.25, 0.3) is 0 Å². The van der Waals surface area contributed by atoms with Crippen molar-refractivity contribution in [2.24, 2.45) is 11.5 Å². The number of nitrogens with two attached hydrogens (primary N) is 2. The van der Waals surface area contributed by atoms with Gasteiger partial charge in [-0.1, -0.05) is 48.5 Å². The van der Waals surface area contributed by atoms with Crippen LogP contribution in [0.3, 0.4) is 0 Å². The van der Waals surface area contributed by atoms with E-state index in [2.05, 4.69) is 38.1 Å². The Balaban J connectivity index is 0.00000180. The van der Waals surface area contributed by atoms with E-state index in [1.54, 1.807) is 0 Å². The molecule has 0 heterocycles.